The van der Waals surface area contributed by atoms with Crippen molar-refractivity contribution in [2.45, 2.75) is 11.4 Å². The van der Waals surface area contributed by atoms with Gasteiger partial charge in [0.15, 0.2) is 5.03 Å². The summed E-state index contributed by atoms with van der Waals surface area (Å²) in [7, 11) is 3.66. The molecule has 1 N–H and O–H groups in total. The highest BCUT2D eigenvalue weighted by molar-refractivity contribution is 7.89. The zero-order chi connectivity index (χ0) is 14.5. The minimum absolute atomic E-state index is 0.0739. The Bertz CT molecular complexity index is 502. The summed E-state index contributed by atoms with van der Waals surface area (Å²) < 4.78 is 26.1. The molecule has 1 rings (SSSR count). The van der Waals surface area contributed by atoms with Crippen molar-refractivity contribution in [2.75, 3.05) is 46.6 Å². The van der Waals surface area contributed by atoms with Gasteiger partial charge in [-0.15, -0.1) is 0 Å². The van der Waals surface area contributed by atoms with Crippen LogP contribution < -0.4 is 5.32 Å². The first-order chi connectivity index (χ1) is 8.89. The number of sulfonamides is 1. The second-order valence-corrected chi connectivity index (χ2v) is 6.55. The zero-order valence-corrected chi connectivity index (χ0v) is 12.7. The van der Waals surface area contributed by atoms with E-state index in [-0.39, 0.29) is 5.03 Å². The number of nitrogens with one attached hydrogen (secondary N) is 1. The van der Waals surface area contributed by atoms with E-state index >= 15 is 0 Å². The summed E-state index contributed by atoms with van der Waals surface area (Å²) in [5.41, 5.74) is 0.516. The Balaban J connectivity index is 2.85. The van der Waals surface area contributed by atoms with Crippen LogP contribution in [0.15, 0.2) is 23.4 Å². The van der Waals surface area contributed by atoms with Gasteiger partial charge in [-0.2, -0.15) is 4.31 Å². The van der Waals surface area contributed by atoms with Crippen molar-refractivity contribution in [1.82, 2.24) is 14.2 Å². The van der Waals surface area contributed by atoms with Gasteiger partial charge in [-0.3, -0.25) is 0 Å². The average molecular weight is 286 g/mol. The molecule has 0 aliphatic heterocycles. The molecular weight excluding hydrogens is 264 g/mol. The van der Waals surface area contributed by atoms with Gasteiger partial charge < -0.3 is 10.2 Å². The lowest BCUT2D eigenvalue weighted by Crippen LogP contribution is -2.31. The van der Waals surface area contributed by atoms with Crippen LogP contribution in [0.4, 0.5) is 5.69 Å². The van der Waals surface area contributed by atoms with Gasteiger partial charge >= 0.3 is 0 Å². The minimum atomic E-state index is -3.54. The van der Waals surface area contributed by atoms with Crippen molar-refractivity contribution >= 4 is 15.7 Å². The van der Waals surface area contributed by atoms with Crippen molar-refractivity contribution in [2.24, 2.45) is 0 Å². The normalized spacial score (nSPS) is 12.1. The first-order valence-corrected chi connectivity index (χ1v) is 7.57. The maximum absolute atomic E-state index is 12.4. The number of nitrogens with zero attached hydrogens (tertiary/aromatic N) is 3. The molecule has 0 aliphatic carbocycles. The first kappa shape index (κ1) is 15.9. The Labute approximate surface area is 115 Å². The fourth-order valence-electron chi connectivity index (χ4n) is 1.66. The molecule has 19 heavy (non-hydrogen) atoms. The summed E-state index contributed by atoms with van der Waals surface area (Å²) in [4.78, 5) is 6.01. The molecule has 0 aromatic carbocycles. The Morgan fingerprint density at radius 1 is 1.26 bits per heavy atom. The van der Waals surface area contributed by atoms with Gasteiger partial charge in [0.2, 0.25) is 0 Å². The highest BCUT2D eigenvalue weighted by Crippen LogP contribution is 2.20. The molecule has 6 nitrogen and oxygen atoms in total. The maximum atomic E-state index is 12.4. The minimum Gasteiger partial charge on any atom is -0.386 e. The quantitative estimate of drug-likeness (QED) is 0.799. The fraction of sp³-hybridized carbons (Fsp3) is 0.583. The molecule has 0 amide bonds. The Kier molecular flexibility index (Phi) is 5.71. The van der Waals surface area contributed by atoms with Crippen molar-refractivity contribution in [3.8, 4) is 0 Å². The van der Waals surface area contributed by atoms with Crippen LogP contribution in [-0.2, 0) is 10.0 Å². The molecular formula is C12H22N4O2S. The molecule has 7 heteroatoms. The Hall–Kier alpha value is -1.18. The summed E-state index contributed by atoms with van der Waals surface area (Å²) in [6, 6.07) is 3.41. The summed E-state index contributed by atoms with van der Waals surface area (Å²) in [6.45, 7) is 1.32. The maximum Gasteiger partial charge on any atom is 0.262 e. The zero-order valence-electron chi connectivity index (χ0n) is 11.9. The van der Waals surface area contributed by atoms with E-state index in [2.05, 4.69) is 10.3 Å². The molecule has 0 atom stereocenters. The van der Waals surface area contributed by atoms with Crippen molar-refractivity contribution in [3.05, 3.63) is 18.3 Å². The van der Waals surface area contributed by atoms with Gasteiger partial charge in [0.05, 0.1) is 5.69 Å². The third-order valence-corrected chi connectivity index (χ3v) is 4.59. The molecule has 0 spiro atoms. The van der Waals surface area contributed by atoms with Gasteiger partial charge in [-0.1, -0.05) is 0 Å². The summed E-state index contributed by atoms with van der Waals surface area (Å²) in [5, 5.41) is 2.93. The number of anilines is 1. The summed E-state index contributed by atoms with van der Waals surface area (Å²) in [5.74, 6) is 0. The third-order valence-electron chi connectivity index (χ3n) is 2.77. The van der Waals surface area contributed by atoms with Crippen LogP contribution in [-0.4, -0.2) is 63.9 Å². The second-order valence-electron chi connectivity index (χ2n) is 4.59. The summed E-state index contributed by atoms with van der Waals surface area (Å²) in [6.07, 6.45) is 2.27. The molecule has 108 valence electrons. The molecule has 0 fully saturated rings. The van der Waals surface area contributed by atoms with Crippen LogP contribution in [0.2, 0.25) is 0 Å². The lowest BCUT2D eigenvalue weighted by atomic mass is 10.4. The average Bonchev–Trinajstić information content (AvgIpc) is 2.38. The van der Waals surface area contributed by atoms with Crippen LogP contribution in [0, 0.1) is 0 Å². The number of pyridine rings is 1. The molecule has 1 aromatic heterocycles. The van der Waals surface area contributed by atoms with Gasteiger partial charge in [-0.25, -0.2) is 13.4 Å². The number of rotatable bonds is 7. The van der Waals surface area contributed by atoms with Crippen LogP contribution in [0.1, 0.15) is 6.42 Å². The van der Waals surface area contributed by atoms with Crippen molar-refractivity contribution in [3.63, 3.8) is 0 Å². The monoisotopic (exact) mass is 286 g/mol. The highest BCUT2D eigenvalue weighted by Gasteiger charge is 2.24. The van der Waals surface area contributed by atoms with E-state index in [1.807, 2.05) is 19.0 Å². The van der Waals surface area contributed by atoms with E-state index in [1.54, 1.807) is 26.2 Å². The topological polar surface area (TPSA) is 65.5 Å². The molecule has 0 bridgehead atoms. The predicted molar refractivity (Wildman–Crippen MR) is 76.8 cm³/mol. The van der Waals surface area contributed by atoms with E-state index in [0.29, 0.717) is 12.2 Å². The number of hydrogen-bond acceptors (Lipinski definition) is 5. The van der Waals surface area contributed by atoms with E-state index in [4.69, 9.17) is 0 Å². The first-order valence-electron chi connectivity index (χ1n) is 6.13. The fourth-order valence-corrected chi connectivity index (χ4v) is 2.97. The van der Waals surface area contributed by atoms with Gasteiger partial charge in [0.25, 0.3) is 10.0 Å². The van der Waals surface area contributed by atoms with Crippen LogP contribution in [0.25, 0.3) is 0 Å². The van der Waals surface area contributed by atoms with Crippen molar-refractivity contribution in [1.29, 1.82) is 0 Å². The Morgan fingerprint density at radius 2 is 1.95 bits per heavy atom. The largest absolute Gasteiger partial charge is 0.386 e. The summed E-state index contributed by atoms with van der Waals surface area (Å²) >= 11 is 0. The predicted octanol–water partition coefficient (Wildman–Crippen LogP) is 0.696. The smallest absolute Gasteiger partial charge is 0.262 e. The van der Waals surface area contributed by atoms with Gasteiger partial charge in [-0.05, 0) is 39.2 Å². The standard InChI is InChI=1S/C12H22N4O2S/c1-13-11-7-5-8-14-12(11)19(17,18)16(4)10-6-9-15(2)3/h5,7-8,13H,6,9-10H2,1-4H3. The second kappa shape index (κ2) is 6.83. The van der Waals surface area contributed by atoms with E-state index < -0.39 is 10.0 Å². The highest BCUT2D eigenvalue weighted by atomic mass is 32.2. The molecule has 0 aliphatic rings. The SMILES string of the molecule is CNc1cccnc1S(=O)(=O)N(C)CCCN(C)C. The van der Waals surface area contributed by atoms with Crippen LogP contribution in [0.3, 0.4) is 0 Å². The lowest BCUT2D eigenvalue weighted by Gasteiger charge is -2.19. The van der Waals surface area contributed by atoms with Crippen LogP contribution >= 0.6 is 0 Å². The molecule has 0 unspecified atom stereocenters. The molecule has 0 saturated heterocycles. The van der Waals surface area contributed by atoms with E-state index in [9.17, 15) is 8.42 Å². The number of aromatic nitrogens is 1. The van der Waals surface area contributed by atoms with Crippen molar-refractivity contribution < 1.29 is 8.42 Å². The lowest BCUT2D eigenvalue weighted by molar-refractivity contribution is 0.370. The molecule has 1 aromatic rings. The third kappa shape index (κ3) is 4.15. The van der Waals surface area contributed by atoms with Gasteiger partial charge in [0.1, 0.15) is 0 Å². The molecule has 0 radical (unpaired) electrons. The van der Waals surface area contributed by atoms with Crippen LogP contribution in [0.5, 0.6) is 0 Å². The molecule has 1 heterocycles. The number of hydrogen-bond donors (Lipinski definition) is 1. The van der Waals surface area contributed by atoms with Gasteiger partial charge in [0, 0.05) is 26.8 Å². The molecule has 0 saturated carbocycles. The van der Waals surface area contributed by atoms with E-state index in [1.165, 1.54) is 10.5 Å². The van der Waals surface area contributed by atoms with E-state index in [0.717, 1.165) is 13.0 Å². The Morgan fingerprint density at radius 3 is 2.53 bits per heavy atom.